The van der Waals surface area contributed by atoms with Crippen LogP contribution in [-0.4, -0.2) is 58.2 Å². The van der Waals surface area contributed by atoms with Crippen molar-refractivity contribution in [3.05, 3.63) is 0 Å². The Balaban J connectivity index is 1.64. The minimum atomic E-state index is -0.973. The van der Waals surface area contributed by atoms with Crippen LogP contribution < -0.4 is 0 Å². The Hall–Kier alpha value is -0.160. The predicted molar refractivity (Wildman–Crippen MR) is 70.3 cm³/mol. The van der Waals surface area contributed by atoms with E-state index in [9.17, 15) is 15.3 Å². The molecule has 0 aromatic heterocycles. The number of rotatable bonds is 4. The molecule has 0 aromatic rings. The highest BCUT2D eigenvalue weighted by molar-refractivity contribution is 4.86. The SMILES string of the molecule is O[C@H]1[C@H](O)CN(CCCC2CCCCC2)C[C@@H]1O. The summed E-state index contributed by atoms with van der Waals surface area (Å²) < 4.78 is 0. The van der Waals surface area contributed by atoms with Crippen molar-refractivity contribution in [2.24, 2.45) is 5.92 Å². The smallest absolute Gasteiger partial charge is 0.108 e. The number of β-amino-alcohol motifs (C(OH)–C–C–N with tert-alkyl or cyclic N) is 2. The lowest BCUT2D eigenvalue weighted by Crippen LogP contribution is -2.55. The van der Waals surface area contributed by atoms with E-state index in [0.29, 0.717) is 13.1 Å². The molecule has 3 N–H and O–H groups in total. The lowest BCUT2D eigenvalue weighted by Gasteiger charge is -2.37. The molecule has 18 heavy (non-hydrogen) atoms. The third-order valence-electron chi connectivity index (χ3n) is 4.49. The highest BCUT2D eigenvalue weighted by Crippen LogP contribution is 2.27. The van der Waals surface area contributed by atoms with E-state index in [0.717, 1.165) is 18.9 Å². The fraction of sp³-hybridized carbons (Fsp3) is 1.00. The molecule has 1 heterocycles. The number of nitrogens with zero attached hydrogens (tertiary/aromatic N) is 1. The van der Waals surface area contributed by atoms with Gasteiger partial charge in [-0.15, -0.1) is 0 Å². The van der Waals surface area contributed by atoms with Crippen LogP contribution in [0.1, 0.15) is 44.9 Å². The van der Waals surface area contributed by atoms with Gasteiger partial charge in [0, 0.05) is 13.1 Å². The first-order valence-electron chi connectivity index (χ1n) is 7.43. The molecule has 2 aliphatic rings. The van der Waals surface area contributed by atoms with Crippen molar-refractivity contribution in [1.82, 2.24) is 4.90 Å². The molecule has 0 aromatic carbocycles. The van der Waals surface area contributed by atoms with E-state index in [2.05, 4.69) is 4.90 Å². The van der Waals surface area contributed by atoms with Crippen LogP contribution in [0.3, 0.4) is 0 Å². The van der Waals surface area contributed by atoms with E-state index in [1.165, 1.54) is 38.5 Å². The molecular formula is C14H27NO3. The summed E-state index contributed by atoms with van der Waals surface area (Å²) in [5, 5.41) is 28.7. The van der Waals surface area contributed by atoms with Gasteiger partial charge in [-0.2, -0.15) is 0 Å². The second kappa shape index (κ2) is 6.85. The lowest BCUT2D eigenvalue weighted by atomic mass is 9.86. The third kappa shape index (κ3) is 3.92. The summed E-state index contributed by atoms with van der Waals surface area (Å²) in [6, 6.07) is 0. The Bertz CT molecular complexity index is 231. The molecule has 106 valence electrons. The van der Waals surface area contributed by atoms with Crippen molar-refractivity contribution < 1.29 is 15.3 Å². The molecule has 2 rings (SSSR count). The second-order valence-electron chi connectivity index (χ2n) is 6.03. The molecule has 0 amide bonds. The molecule has 1 saturated carbocycles. The van der Waals surface area contributed by atoms with Gasteiger partial charge in [0.15, 0.2) is 0 Å². The first kappa shape index (κ1) is 14.3. The standard InChI is InChI=1S/C14H27NO3/c16-12-9-15(10-13(17)14(12)18)8-4-7-11-5-2-1-3-6-11/h11-14,16-18H,1-10H2/t12-,13+,14+. The average molecular weight is 257 g/mol. The Labute approximate surface area is 110 Å². The number of hydrogen-bond donors (Lipinski definition) is 3. The van der Waals surface area contributed by atoms with E-state index < -0.39 is 18.3 Å². The maximum atomic E-state index is 9.61. The van der Waals surface area contributed by atoms with Gasteiger partial charge in [0.05, 0.1) is 12.2 Å². The summed E-state index contributed by atoms with van der Waals surface area (Å²) in [4.78, 5) is 2.07. The largest absolute Gasteiger partial charge is 0.389 e. The van der Waals surface area contributed by atoms with Crippen molar-refractivity contribution in [2.45, 2.75) is 63.3 Å². The van der Waals surface area contributed by atoms with Gasteiger partial charge in [0.2, 0.25) is 0 Å². The Kier molecular flexibility index (Phi) is 5.42. The molecule has 4 heteroatoms. The first-order chi connectivity index (χ1) is 8.66. The molecule has 0 radical (unpaired) electrons. The first-order valence-corrected chi connectivity index (χ1v) is 7.43. The molecule has 3 atom stereocenters. The molecule has 0 bridgehead atoms. The van der Waals surface area contributed by atoms with Crippen molar-refractivity contribution in [1.29, 1.82) is 0 Å². The Morgan fingerprint density at radius 3 is 2.11 bits per heavy atom. The van der Waals surface area contributed by atoms with Crippen LogP contribution in [0, 0.1) is 5.92 Å². The van der Waals surface area contributed by atoms with E-state index in [1.807, 2.05) is 0 Å². The van der Waals surface area contributed by atoms with Crippen LogP contribution in [-0.2, 0) is 0 Å². The van der Waals surface area contributed by atoms with Crippen molar-refractivity contribution >= 4 is 0 Å². The molecule has 0 spiro atoms. The number of aliphatic hydroxyl groups excluding tert-OH is 3. The molecule has 1 aliphatic heterocycles. The zero-order valence-corrected chi connectivity index (χ0v) is 11.2. The quantitative estimate of drug-likeness (QED) is 0.695. The van der Waals surface area contributed by atoms with E-state index in [-0.39, 0.29) is 0 Å². The second-order valence-corrected chi connectivity index (χ2v) is 6.03. The van der Waals surface area contributed by atoms with Crippen molar-refractivity contribution in [3.63, 3.8) is 0 Å². The number of hydrogen-bond acceptors (Lipinski definition) is 4. The predicted octanol–water partition coefficient (Wildman–Crippen LogP) is 0.745. The fourth-order valence-electron chi connectivity index (χ4n) is 3.34. The van der Waals surface area contributed by atoms with Crippen LogP contribution in [0.25, 0.3) is 0 Å². The van der Waals surface area contributed by atoms with E-state index in [4.69, 9.17) is 0 Å². The van der Waals surface area contributed by atoms with Gasteiger partial charge >= 0.3 is 0 Å². The van der Waals surface area contributed by atoms with Gasteiger partial charge in [-0.3, -0.25) is 4.90 Å². The molecule has 0 unspecified atom stereocenters. The summed E-state index contributed by atoms with van der Waals surface area (Å²) in [5.41, 5.74) is 0. The fourth-order valence-corrected chi connectivity index (χ4v) is 3.34. The highest BCUT2D eigenvalue weighted by atomic mass is 16.4. The summed E-state index contributed by atoms with van der Waals surface area (Å²) in [6.07, 6.45) is 6.76. The molecule has 4 nitrogen and oxygen atoms in total. The summed E-state index contributed by atoms with van der Waals surface area (Å²) in [6.45, 7) is 1.91. The van der Waals surface area contributed by atoms with Gasteiger partial charge in [-0.25, -0.2) is 0 Å². The van der Waals surface area contributed by atoms with E-state index in [1.54, 1.807) is 0 Å². The topological polar surface area (TPSA) is 63.9 Å². The van der Waals surface area contributed by atoms with Crippen LogP contribution >= 0.6 is 0 Å². The van der Waals surface area contributed by atoms with Gasteiger partial charge in [0.25, 0.3) is 0 Å². The normalized spacial score (nSPS) is 35.8. The summed E-state index contributed by atoms with van der Waals surface area (Å²) >= 11 is 0. The molecule has 1 saturated heterocycles. The Morgan fingerprint density at radius 2 is 1.50 bits per heavy atom. The van der Waals surface area contributed by atoms with Gasteiger partial charge in [-0.05, 0) is 25.3 Å². The summed E-state index contributed by atoms with van der Waals surface area (Å²) in [7, 11) is 0. The molecule has 1 aliphatic carbocycles. The average Bonchev–Trinajstić information content (AvgIpc) is 2.37. The van der Waals surface area contributed by atoms with Crippen molar-refractivity contribution in [3.8, 4) is 0 Å². The number of likely N-dealkylation sites (tertiary alicyclic amines) is 1. The van der Waals surface area contributed by atoms with Crippen LogP contribution in [0.15, 0.2) is 0 Å². The minimum absolute atomic E-state index is 0.489. The Morgan fingerprint density at radius 1 is 0.889 bits per heavy atom. The zero-order chi connectivity index (χ0) is 13.0. The van der Waals surface area contributed by atoms with Crippen molar-refractivity contribution in [2.75, 3.05) is 19.6 Å². The monoisotopic (exact) mass is 257 g/mol. The van der Waals surface area contributed by atoms with Gasteiger partial charge in [-0.1, -0.05) is 32.1 Å². The summed E-state index contributed by atoms with van der Waals surface area (Å²) in [5.74, 6) is 0.893. The van der Waals surface area contributed by atoms with Crippen LogP contribution in [0.5, 0.6) is 0 Å². The molecule has 2 fully saturated rings. The lowest BCUT2D eigenvalue weighted by molar-refractivity contribution is -0.110. The van der Waals surface area contributed by atoms with Crippen LogP contribution in [0.4, 0.5) is 0 Å². The van der Waals surface area contributed by atoms with E-state index >= 15 is 0 Å². The maximum absolute atomic E-state index is 9.61. The minimum Gasteiger partial charge on any atom is -0.389 e. The number of aliphatic hydroxyl groups is 3. The van der Waals surface area contributed by atoms with Gasteiger partial charge < -0.3 is 15.3 Å². The van der Waals surface area contributed by atoms with Crippen LogP contribution in [0.2, 0.25) is 0 Å². The third-order valence-corrected chi connectivity index (χ3v) is 4.49. The number of piperidine rings is 1. The highest BCUT2D eigenvalue weighted by Gasteiger charge is 2.32. The zero-order valence-electron chi connectivity index (χ0n) is 11.2. The maximum Gasteiger partial charge on any atom is 0.108 e. The van der Waals surface area contributed by atoms with Gasteiger partial charge in [0.1, 0.15) is 6.10 Å². The molecular weight excluding hydrogens is 230 g/mol.